The molecule has 0 aliphatic carbocycles. The molecular weight excluding hydrogens is 512 g/mol. The molecule has 0 unspecified atom stereocenters. The van der Waals surface area contributed by atoms with E-state index < -0.39 is 17.2 Å². The van der Waals surface area contributed by atoms with Crippen LogP contribution in [0.2, 0.25) is 0 Å². The van der Waals surface area contributed by atoms with Gasteiger partial charge in [-0.1, -0.05) is 0 Å². The number of aromatic nitrogens is 3. The zero-order chi connectivity index (χ0) is 23.7. The normalized spacial score (nSPS) is 13.3. The first-order valence-corrected chi connectivity index (χ1v) is 12.0. The van der Waals surface area contributed by atoms with Gasteiger partial charge in [-0.05, 0) is 71.2 Å². The second-order valence-corrected chi connectivity index (χ2v) is 9.36. The van der Waals surface area contributed by atoms with Crippen molar-refractivity contribution in [3.63, 3.8) is 0 Å². The van der Waals surface area contributed by atoms with Crippen molar-refractivity contribution in [3.8, 4) is 22.9 Å². The molecule has 0 bridgehead atoms. The number of carbonyl (C=O) groups is 1. The number of carbonyl (C=O) groups excluding carboxylic acids is 1. The predicted octanol–water partition coefficient (Wildman–Crippen LogP) is 3.25. The van der Waals surface area contributed by atoms with E-state index in [0.29, 0.717) is 35.4 Å². The molecule has 0 saturated carbocycles. The minimum absolute atomic E-state index is 0.309. The summed E-state index contributed by atoms with van der Waals surface area (Å²) in [5.74, 6) is 2.72. The second-order valence-electron chi connectivity index (χ2n) is 7.43. The van der Waals surface area contributed by atoms with Crippen molar-refractivity contribution in [3.05, 3.63) is 72.5 Å². The van der Waals surface area contributed by atoms with Gasteiger partial charge < -0.3 is 14.4 Å². The molecule has 0 atom stereocenters. The topological polar surface area (TPSA) is 107 Å². The molecule has 3 aromatic rings. The highest BCUT2D eigenvalue weighted by Crippen LogP contribution is 2.34. The van der Waals surface area contributed by atoms with Gasteiger partial charge in [0.25, 0.3) is 11.5 Å². The molecule has 0 spiro atoms. The molecule has 1 N–H and O–H groups in total. The number of thioether (sulfide) groups is 1. The number of halogens is 1. The Kier molecular flexibility index (Phi) is 6.61. The van der Waals surface area contributed by atoms with Crippen LogP contribution in [-0.4, -0.2) is 50.9 Å². The minimum atomic E-state index is -0.795. The number of H-pyrrole nitrogens is 1. The molecule has 1 aromatic heterocycles. The first kappa shape index (κ1) is 23.1. The standard InChI is InChI=1S/C22H21BrN4O5S/c1-12-8-14(9-13(2)19(12)32-15-4-5-17(31-3)16(23)10-15)27-22(30)24-20(28)18(25-27)21(29)26-6-7-33-11-26/h4-5,8-10H,6-7,11H2,1-3H3,(H,24,28,30). The molecule has 2 aromatic carbocycles. The van der Waals surface area contributed by atoms with Crippen LogP contribution in [0.3, 0.4) is 0 Å². The molecule has 1 fully saturated rings. The van der Waals surface area contributed by atoms with E-state index >= 15 is 0 Å². The summed E-state index contributed by atoms with van der Waals surface area (Å²) in [6, 6.07) is 8.81. The third-order valence-electron chi connectivity index (χ3n) is 5.10. The van der Waals surface area contributed by atoms with Crippen molar-refractivity contribution in [1.29, 1.82) is 0 Å². The maximum atomic E-state index is 12.7. The van der Waals surface area contributed by atoms with E-state index in [1.165, 1.54) is 4.90 Å². The largest absolute Gasteiger partial charge is 0.496 e. The number of nitrogens with zero attached hydrogens (tertiary/aromatic N) is 3. The lowest BCUT2D eigenvalue weighted by Crippen LogP contribution is -2.40. The van der Waals surface area contributed by atoms with Crippen LogP contribution < -0.4 is 20.7 Å². The van der Waals surface area contributed by atoms with E-state index in [2.05, 4.69) is 26.0 Å². The molecule has 4 rings (SSSR count). The van der Waals surface area contributed by atoms with Crippen molar-refractivity contribution in [1.82, 2.24) is 19.7 Å². The van der Waals surface area contributed by atoms with Crippen molar-refractivity contribution in [2.45, 2.75) is 13.8 Å². The highest BCUT2D eigenvalue weighted by molar-refractivity contribution is 9.10. The van der Waals surface area contributed by atoms with Crippen LogP contribution in [0.5, 0.6) is 17.2 Å². The molecule has 1 aliphatic rings. The fraction of sp³-hybridized carbons (Fsp3) is 0.273. The Morgan fingerprint density at radius 3 is 2.52 bits per heavy atom. The number of hydrogen-bond acceptors (Lipinski definition) is 7. The van der Waals surface area contributed by atoms with Crippen molar-refractivity contribution in [2.75, 3.05) is 25.3 Å². The van der Waals surface area contributed by atoms with Crippen molar-refractivity contribution >= 4 is 33.6 Å². The van der Waals surface area contributed by atoms with Crippen LogP contribution in [-0.2, 0) is 0 Å². The average molecular weight is 533 g/mol. The maximum absolute atomic E-state index is 12.7. The van der Waals surface area contributed by atoms with E-state index in [1.54, 1.807) is 49.2 Å². The molecule has 1 aliphatic heterocycles. The zero-order valence-corrected chi connectivity index (χ0v) is 20.6. The molecule has 9 nitrogen and oxygen atoms in total. The van der Waals surface area contributed by atoms with Crippen LogP contribution in [0.4, 0.5) is 0 Å². The average Bonchev–Trinajstić information content (AvgIpc) is 3.31. The Morgan fingerprint density at radius 1 is 1.18 bits per heavy atom. The first-order chi connectivity index (χ1) is 15.8. The number of amides is 1. The Hall–Kier alpha value is -3.05. The second kappa shape index (κ2) is 9.44. The summed E-state index contributed by atoms with van der Waals surface area (Å²) in [6.45, 7) is 4.22. The maximum Gasteiger partial charge on any atom is 0.349 e. The van der Waals surface area contributed by atoms with Gasteiger partial charge in [-0.3, -0.25) is 14.6 Å². The van der Waals surface area contributed by atoms with E-state index in [4.69, 9.17) is 9.47 Å². The Balaban J connectivity index is 1.70. The molecule has 172 valence electrons. The Bertz CT molecular complexity index is 1320. The number of aryl methyl sites for hydroxylation is 2. The van der Waals surface area contributed by atoms with Gasteiger partial charge >= 0.3 is 5.69 Å². The summed E-state index contributed by atoms with van der Waals surface area (Å²) in [4.78, 5) is 41.2. The summed E-state index contributed by atoms with van der Waals surface area (Å²) < 4.78 is 13.1. The van der Waals surface area contributed by atoms with E-state index in [0.717, 1.165) is 26.0 Å². The molecule has 1 amide bonds. The number of nitrogens with one attached hydrogen (secondary N) is 1. The lowest BCUT2D eigenvalue weighted by atomic mass is 10.1. The van der Waals surface area contributed by atoms with Crippen LogP contribution in [0.1, 0.15) is 21.6 Å². The highest BCUT2D eigenvalue weighted by atomic mass is 79.9. The monoisotopic (exact) mass is 532 g/mol. The van der Waals surface area contributed by atoms with Gasteiger partial charge in [0.15, 0.2) is 0 Å². The third-order valence-corrected chi connectivity index (χ3v) is 6.69. The third kappa shape index (κ3) is 4.69. The van der Waals surface area contributed by atoms with Crippen molar-refractivity contribution < 1.29 is 14.3 Å². The van der Waals surface area contributed by atoms with Crippen LogP contribution in [0, 0.1) is 13.8 Å². The van der Waals surface area contributed by atoms with Crippen molar-refractivity contribution in [2.24, 2.45) is 0 Å². The Morgan fingerprint density at radius 2 is 1.91 bits per heavy atom. The van der Waals surface area contributed by atoms with Gasteiger partial charge in [0.2, 0.25) is 5.69 Å². The van der Waals surface area contributed by atoms with Gasteiger partial charge in [-0.2, -0.15) is 9.78 Å². The fourth-order valence-electron chi connectivity index (χ4n) is 3.48. The molecule has 33 heavy (non-hydrogen) atoms. The van der Waals surface area contributed by atoms with E-state index in [1.807, 2.05) is 13.8 Å². The molecular formula is C22H21BrN4O5S. The van der Waals surface area contributed by atoms with Gasteiger partial charge in [0, 0.05) is 12.3 Å². The van der Waals surface area contributed by atoms with Crippen LogP contribution in [0.25, 0.3) is 5.69 Å². The number of methoxy groups -OCH3 is 1. The number of rotatable bonds is 5. The molecule has 1 saturated heterocycles. The summed E-state index contributed by atoms with van der Waals surface area (Å²) in [6.07, 6.45) is 0. The molecule has 0 radical (unpaired) electrons. The summed E-state index contributed by atoms with van der Waals surface area (Å²) >= 11 is 5.04. The van der Waals surface area contributed by atoms with Gasteiger partial charge in [-0.15, -0.1) is 11.8 Å². The smallest absolute Gasteiger partial charge is 0.349 e. The summed E-state index contributed by atoms with van der Waals surface area (Å²) in [5.41, 5.74) is 0.0898. The van der Waals surface area contributed by atoms with Crippen LogP contribution in [0.15, 0.2) is 44.4 Å². The first-order valence-electron chi connectivity index (χ1n) is 10.0. The van der Waals surface area contributed by atoms with Gasteiger partial charge in [0.1, 0.15) is 17.2 Å². The van der Waals surface area contributed by atoms with Gasteiger partial charge in [0.05, 0.1) is 23.1 Å². The summed E-state index contributed by atoms with van der Waals surface area (Å²) in [7, 11) is 1.59. The highest BCUT2D eigenvalue weighted by Gasteiger charge is 2.25. The molecule has 11 heteroatoms. The minimum Gasteiger partial charge on any atom is -0.496 e. The van der Waals surface area contributed by atoms with Crippen LogP contribution >= 0.6 is 27.7 Å². The number of hydrogen-bond donors (Lipinski definition) is 1. The zero-order valence-electron chi connectivity index (χ0n) is 18.2. The van der Waals surface area contributed by atoms with E-state index in [-0.39, 0.29) is 5.69 Å². The SMILES string of the molecule is COc1ccc(Oc2c(C)cc(-n3nc(C(=O)N4CCSC4)c(=O)[nH]c3=O)cc2C)cc1Br. The number of ether oxygens (including phenoxy) is 2. The quantitative estimate of drug-likeness (QED) is 0.537. The number of aromatic amines is 1. The fourth-order valence-corrected chi connectivity index (χ4v) is 4.94. The summed E-state index contributed by atoms with van der Waals surface area (Å²) in [5, 5.41) is 4.11. The number of benzene rings is 2. The van der Waals surface area contributed by atoms with Gasteiger partial charge in [-0.25, -0.2) is 4.79 Å². The Labute approximate surface area is 201 Å². The lowest BCUT2D eigenvalue weighted by molar-refractivity contribution is 0.0792. The van der Waals surface area contributed by atoms with E-state index in [9.17, 15) is 14.4 Å². The predicted molar refractivity (Wildman–Crippen MR) is 129 cm³/mol. The molecule has 2 heterocycles. The lowest BCUT2D eigenvalue weighted by Gasteiger charge is -2.16.